The lowest BCUT2D eigenvalue weighted by Crippen LogP contribution is -2.22. The van der Waals surface area contributed by atoms with Crippen LogP contribution in [0.15, 0.2) is 59.2 Å². The molecule has 7 heteroatoms. The van der Waals surface area contributed by atoms with Crippen LogP contribution in [0.2, 0.25) is 0 Å². The van der Waals surface area contributed by atoms with Gasteiger partial charge in [0.2, 0.25) is 5.78 Å². The van der Waals surface area contributed by atoms with E-state index in [1.165, 1.54) is 36.8 Å². The number of amides is 1. The average molecular weight is 369 g/mol. The van der Waals surface area contributed by atoms with E-state index in [-0.39, 0.29) is 17.5 Å². The first-order chi connectivity index (χ1) is 12.6. The first kappa shape index (κ1) is 17.6. The Hall–Kier alpha value is -3.19. The van der Waals surface area contributed by atoms with E-state index in [4.69, 9.17) is 4.42 Å². The van der Waals surface area contributed by atoms with Gasteiger partial charge in [-0.15, -0.1) is 11.3 Å². The van der Waals surface area contributed by atoms with Gasteiger partial charge in [-0.3, -0.25) is 9.59 Å². The van der Waals surface area contributed by atoms with Crippen molar-refractivity contribution in [1.29, 1.82) is 0 Å². The van der Waals surface area contributed by atoms with Crippen molar-refractivity contribution in [2.24, 2.45) is 0 Å². The predicted octanol–water partition coefficient (Wildman–Crippen LogP) is 3.29. The third-order valence-corrected chi connectivity index (χ3v) is 4.71. The molecule has 0 saturated carbocycles. The van der Waals surface area contributed by atoms with Crippen LogP contribution in [0.25, 0.3) is 0 Å². The lowest BCUT2D eigenvalue weighted by atomic mass is 10.1. The minimum absolute atomic E-state index is 0.184. The number of ether oxygens (including phenoxy) is 1. The SMILES string of the molecule is COC(=O)c1ccc(C(=O)NCc2ccc(C(=O)c3ccco3)s2)cc1. The van der Waals surface area contributed by atoms with Gasteiger partial charge in [-0.2, -0.15) is 0 Å². The summed E-state index contributed by atoms with van der Waals surface area (Å²) in [5.74, 6) is -0.623. The van der Waals surface area contributed by atoms with Gasteiger partial charge in [-0.1, -0.05) is 0 Å². The fraction of sp³-hybridized carbons (Fsp3) is 0.105. The maximum atomic E-state index is 12.2. The van der Waals surface area contributed by atoms with Crippen LogP contribution in [0, 0.1) is 0 Å². The Balaban J connectivity index is 1.60. The Morgan fingerprint density at radius 1 is 1.04 bits per heavy atom. The fourth-order valence-electron chi connectivity index (χ4n) is 2.27. The van der Waals surface area contributed by atoms with E-state index >= 15 is 0 Å². The van der Waals surface area contributed by atoms with Crippen LogP contribution in [0.5, 0.6) is 0 Å². The van der Waals surface area contributed by atoms with E-state index < -0.39 is 5.97 Å². The molecular weight excluding hydrogens is 354 g/mol. The van der Waals surface area contributed by atoms with Crippen LogP contribution in [0.1, 0.15) is 41.0 Å². The molecule has 0 aliphatic rings. The molecule has 1 amide bonds. The second kappa shape index (κ2) is 7.79. The van der Waals surface area contributed by atoms with Crippen molar-refractivity contribution in [3.8, 4) is 0 Å². The normalized spacial score (nSPS) is 10.3. The Morgan fingerprint density at radius 2 is 1.77 bits per heavy atom. The molecule has 132 valence electrons. The maximum Gasteiger partial charge on any atom is 0.337 e. The number of benzene rings is 1. The first-order valence-corrected chi connectivity index (χ1v) is 8.53. The fourth-order valence-corrected chi connectivity index (χ4v) is 3.16. The van der Waals surface area contributed by atoms with Crippen molar-refractivity contribution >= 4 is 29.0 Å². The van der Waals surface area contributed by atoms with E-state index in [2.05, 4.69) is 10.1 Å². The van der Waals surface area contributed by atoms with Crippen LogP contribution in [0.4, 0.5) is 0 Å². The Kier molecular flexibility index (Phi) is 5.28. The number of methoxy groups -OCH3 is 1. The standard InChI is InChI=1S/C19H15NO5S/c1-24-19(23)13-6-4-12(5-7-13)18(22)20-11-14-8-9-16(26-14)17(21)15-3-2-10-25-15/h2-10H,11H2,1H3,(H,20,22). The van der Waals surface area contributed by atoms with Gasteiger partial charge in [0.15, 0.2) is 5.76 Å². The summed E-state index contributed by atoms with van der Waals surface area (Å²) in [4.78, 5) is 37.2. The summed E-state index contributed by atoms with van der Waals surface area (Å²) in [5, 5.41) is 2.79. The first-order valence-electron chi connectivity index (χ1n) is 7.72. The molecule has 0 spiro atoms. The van der Waals surface area contributed by atoms with E-state index in [0.29, 0.717) is 22.5 Å². The van der Waals surface area contributed by atoms with Gasteiger partial charge in [-0.25, -0.2) is 4.79 Å². The highest BCUT2D eigenvalue weighted by Crippen LogP contribution is 2.20. The van der Waals surface area contributed by atoms with Gasteiger partial charge in [0.1, 0.15) is 0 Å². The third kappa shape index (κ3) is 3.89. The molecule has 0 atom stereocenters. The summed E-state index contributed by atoms with van der Waals surface area (Å²) in [6, 6.07) is 13.0. The molecular formula is C19H15NO5S. The van der Waals surface area contributed by atoms with Crippen molar-refractivity contribution in [2.75, 3.05) is 7.11 Å². The smallest absolute Gasteiger partial charge is 0.337 e. The molecule has 0 aliphatic carbocycles. The quantitative estimate of drug-likeness (QED) is 0.532. The molecule has 6 nitrogen and oxygen atoms in total. The number of furan rings is 1. The van der Waals surface area contributed by atoms with Crippen LogP contribution < -0.4 is 5.32 Å². The molecule has 0 radical (unpaired) electrons. The molecule has 2 heterocycles. The van der Waals surface area contributed by atoms with Gasteiger partial charge < -0.3 is 14.5 Å². The minimum atomic E-state index is -0.454. The molecule has 1 aromatic carbocycles. The van der Waals surface area contributed by atoms with Crippen molar-refractivity contribution in [3.63, 3.8) is 0 Å². The van der Waals surface area contributed by atoms with Crippen molar-refractivity contribution in [1.82, 2.24) is 5.32 Å². The number of nitrogens with one attached hydrogen (secondary N) is 1. The zero-order valence-electron chi connectivity index (χ0n) is 13.9. The number of carbonyl (C=O) groups excluding carboxylic acids is 3. The minimum Gasteiger partial charge on any atom is -0.465 e. The lowest BCUT2D eigenvalue weighted by Gasteiger charge is -2.04. The molecule has 2 aromatic heterocycles. The number of hydrogen-bond donors (Lipinski definition) is 1. The monoisotopic (exact) mass is 369 g/mol. The Morgan fingerprint density at radius 3 is 2.42 bits per heavy atom. The highest BCUT2D eigenvalue weighted by atomic mass is 32.1. The molecule has 0 unspecified atom stereocenters. The average Bonchev–Trinajstić information content (AvgIpc) is 3.37. The molecule has 0 bridgehead atoms. The van der Waals surface area contributed by atoms with E-state index in [9.17, 15) is 14.4 Å². The summed E-state index contributed by atoms with van der Waals surface area (Å²) in [7, 11) is 1.30. The van der Waals surface area contributed by atoms with Crippen LogP contribution in [-0.2, 0) is 11.3 Å². The number of hydrogen-bond acceptors (Lipinski definition) is 6. The highest BCUT2D eigenvalue weighted by Gasteiger charge is 2.15. The number of thiophene rings is 1. The van der Waals surface area contributed by atoms with Gasteiger partial charge in [0.05, 0.1) is 30.4 Å². The van der Waals surface area contributed by atoms with Gasteiger partial charge >= 0.3 is 5.97 Å². The second-order valence-electron chi connectivity index (χ2n) is 5.32. The van der Waals surface area contributed by atoms with Gasteiger partial charge in [0, 0.05) is 10.4 Å². The molecule has 1 N–H and O–H groups in total. The van der Waals surface area contributed by atoms with Crippen molar-refractivity contribution in [2.45, 2.75) is 6.54 Å². The Labute approximate surface area is 153 Å². The largest absolute Gasteiger partial charge is 0.465 e. The number of rotatable bonds is 6. The molecule has 26 heavy (non-hydrogen) atoms. The van der Waals surface area contributed by atoms with Gasteiger partial charge in [0.25, 0.3) is 5.91 Å². The summed E-state index contributed by atoms with van der Waals surface area (Å²) >= 11 is 1.30. The zero-order chi connectivity index (χ0) is 18.5. The van der Waals surface area contributed by atoms with E-state index in [1.807, 2.05) is 0 Å². The Bertz CT molecular complexity index is 925. The van der Waals surface area contributed by atoms with Crippen LogP contribution in [-0.4, -0.2) is 24.8 Å². The molecule has 0 aliphatic heterocycles. The van der Waals surface area contributed by atoms with Crippen molar-refractivity contribution in [3.05, 3.63) is 81.4 Å². The van der Waals surface area contributed by atoms with Crippen molar-refractivity contribution < 1.29 is 23.5 Å². The molecule has 0 saturated heterocycles. The number of ketones is 1. The zero-order valence-corrected chi connectivity index (χ0v) is 14.7. The summed E-state index contributed by atoms with van der Waals surface area (Å²) in [5.41, 5.74) is 0.810. The third-order valence-electron chi connectivity index (χ3n) is 3.62. The summed E-state index contributed by atoms with van der Waals surface area (Å²) < 4.78 is 9.72. The molecule has 3 aromatic rings. The van der Waals surface area contributed by atoms with E-state index in [1.54, 1.807) is 36.4 Å². The molecule has 3 rings (SSSR count). The van der Waals surface area contributed by atoms with Gasteiger partial charge in [-0.05, 0) is 48.5 Å². The highest BCUT2D eigenvalue weighted by molar-refractivity contribution is 7.14. The number of carbonyl (C=O) groups is 3. The van der Waals surface area contributed by atoms with E-state index in [0.717, 1.165) is 4.88 Å². The van der Waals surface area contributed by atoms with Crippen LogP contribution in [0.3, 0.4) is 0 Å². The van der Waals surface area contributed by atoms with Crippen LogP contribution >= 0.6 is 11.3 Å². The maximum absolute atomic E-state index is 12.2. The lowest BCUT2D eigenvalue weighted by molar-refractivity contribution is 0.0600. The summed E-state index contributed by atoms with van der Waals surface area (Å²) in [6.45, 7) is 0.299. The predicted molar refractivity (Wildman–Crippen MR) is 95.4 cm³/mol. The topological polar surface area (TPSA) is 85.6 Å². The second-order valence-corrected chi connectivity index (χ2v) is 6.49. The summed E-state index contributed by atoms with van der Waals surface area (Å²) in [6.07, 6.45) is 1.45. The molecule has 0 fully saturated rings. The number of esters is 1.